The number of sulfone groups is 1. The average molecular weight is 300 g/mol. The third-order valence-electron chi connectivity index (χ3n) is 3.93. The lowest BCUT2D eigenvalue weighted by Gasteiger charge is -2.35. The Morgan fingerprint density at radius 3 is 2.70 bits per heavy atom. The maximum atomic E-state index is 13.8. The maximum absolute atomic E-state index is 13.8. The Hall–Kier alpha value is -1.14. The van der Waals surface area contributed by atoms with Crippen LogP contribution in [0, 0.1) is 5.82 Å². The number of nitrogens with one attached hydrogen (secondary N) is 1. The molecule has 1 saturated heterocycles. The largest absolute Gasteiger partial charge is 0.380 e. The predicted octanol–water partition coefficient (Wildman–Crippen LogP) is 2.12. The molecule has 0 aromatic heterocycles. The molecule has 1 N–H and O–H groups in total. The first-order valence-corrected chi connectivity index (χ1v) is 8.63. The van der Waals surface area contributed by atoms with E-state index in [9.17, 15) is 12.8 Å². The van der Waals surface area contributed by atoms with Crippen molar-refractivity contribution >= 4 is 15.5 Å². The summed E-state index contributed by atoms with van der Waals surface area (Å²) in [6.07, 6.45) is 2.96. The molecule has 1 aromatic carbocycles. The number of rotatable bonds is 3. The minimum atomic E-state index is -3.32. The van der Waals surface area contributed by atoms with Crippen LogP contribution >= 0.6 is 0 Å². The average Bonchev–Trinajstić information content (AvgIpc) is 2.35. The van der Waals surface area contributed by atoms with Gasteiger partial charge >= 0.3 is 0 Å². The number of benzene rings is 1. The third-order valence-corrected chi connectivity index (χ3v) is 5.04. The Labute approximate surface area is 119 Å². The van der Waals surface area contributed by atoms with E-state index in [4.69, 9.17) is 0 Å². The second-order valence-corrected chi connectivity index (χ2v) is 7.62. The zero-order chi connectivity index (χ0) is 14.9. The minimum absolute atomic E-state index is 0.141. The van der Waals surface area contributed by atoms with Crippen LogP contribution in [0.2, 0.25) is 0 Å². The van der Waals surface area contributed by atoms with Crippen LogP contribution in [0.15, 0.2) is 23.1 Å². The van der Waals surface area contributed by atoms with Crippen LogP contribution in [0.25, 0.3) is 0 Å². The van der Waals surface area contributed by atoms with E-state index >= 15 is 0 Å². The van der Waals surface area contributed by atoms with E-state index < -0.39 is 15.7 Å². The summed E-state index contributed by atoms with van der Waals surface area (Å²) < 4.78 is 36.9. The summed E-state index contributed by atoms with van der Waals surface area (Å²) >= 11 is 0. The fourth-order valence-electron chi connectivity index (χ4n) is 2.49. The number of anilines is 1. The lowest BCUT2D eigenvalue weighted by atomic mass is 9.98. The van der Waals surface area contributed by atoms with Gasteiger partial charge in [-0.05, 0) is 45.0 Å². The van der Waals surface area contributed by atoms with E-state index in [0.717, 1.165) is 25.6 Å². The van der Waals surface area contributed by atoms with Crippen molar-refractivity contribution in [1.82, 2.24) is 4.90 Å². The van der Waals surface area contributed by atoms with Crippen LogP contribution in [0.4, 0.5) is 10.1 Å². The number of nitrogens with zero attached hydrogens (tertiary/aromatic N) is 1. The molecule has 1 aromatic rings. The van der Waals surface area contributed by atoms with Crippen molar-refractivity contribution in [2.24, 2.45) is 0 Å². The fraction of sp³-hybridized carbons (Fsp3) is 0.571. The van der Waals surface area contributed by atoms with Gasteiger partial charge in [-0.15, -0.1) is 0 Å². The Kier molecular flexibility index (Phi) is 4.34. The fourth-order valence-corrected chi connectivity index (χ4v) is 3.13. The standard InChI is InChI=1S/C14H21FN2O2S/c1-10-8-11(6-7-17(10)2)16-14-9-12(20(3,18)19)4-5-13(14)15/h4-5,9-11,16H,6-8H2,1-3H3. The topological polar surface area (TPSA) is 49.4 Å². The molecule has 1 heterocycles. The third kappa shape index (κ3) is 3.49. The zero-order valence-corrected chi connectivity index (χ0v) is 12.9. The molecular formula is C14H21FN2O2S. The van der Waals surface area contributed by atoms with Gasteiger partial charge in [0.05, 0.1) is 10.6 Å². The second kappa shape index (κ2) is 5.69. The molecule has 0 spiro atoms. The molecule has 4 nitrogen and oxygen atoms in total. The summed E-state index contributed by atoms with van der Waals surface area (Å²) in [5, 5.41) is 3.15. The van der Waals surface area contributed by atoms with Crippen molar-refractivity contribution in [2.45, 2.75) is 36.7 Å². The SMILES string of the molecule is CC1CC(Nc2cc(S(C)(=O)=O)ccc2F)CCN1C. The molecule has 20 heavy (non-hydrogen) atoms. The molecule has 1 aliphatic rings. The summed E-state index contributed by atoms with van der Waals surface area (Å²) in [5.41, 5.74) is 0.273. The summed E-state index contributed by atoms with van der Waals surface area (Å²) in [5.74, 6) is -0.413. The van der Waals surface area contributed by atoms with Gasteiger partial charge in [-0.25, -0.2) is 12.8 Å². The predicted molar refractivity (Wildman–Crippen MR) is 78.2 cm³/mol. The van der Waals surface area contributed by atoms with Crippen LogP contribution in [-0.4, -0.2) is 45.2 Å². The number of piperidine rings is 1. The Morgan fingerprint density at radius 1 is 1.40 bits per heavy atom. The highest BCUT2D eigenvalue weighted by Crippen LogP contribution is 2.24. The van der Waals surface area contributed by atoms with Crippen LogP contribution < -0.4 is 5.32 Å². The van der Waals surface area contributed by atoms with Crippen molar-refractivity contribution in [3.63, 3.8) is 0 Å². The van der Waals surface area contributed by atoms with Gasteiger partial charge in [-0.2, -0.15) is 0 Å². The van der Waals surface area contributed by atoms with Crippen LogP contribution in [-0.2, 0) is 9.84 Å². The highest BCUT2D eigenvalue weighted by Gasteiger charge is 2.23. The van der Waals surface area contributed by atoms with Crippen LogP contribution in [0.1, 0.15) is 19.8 Å². The number of hydrogen-bond acceptors (Lipinski definition) is 4. The summed E-state index contributed by atoms with van der Waals surface area (Å²) in [6.45, 7) is 3.09. The summed E-state index contributed by atoms with van der Waals surface area (Å²) in [6, 6.07) is 4.49. The van der Waals surface area contributed by atoms with E-state index in [2.05, 4.69) is 24.2 Å². The molecule has 2 rings (SSSR count). The van der Waals surface area contributed by atoms with E-state index in [0.29, 0.717) is 6.04 Å². The van der Waals surface area contributed by atoms with Gasteiger partial charge in [-0.3, -0.25) is 0 Å². The molecule has 2 unspecified atom stereocenters. The number of hydrogen-bond donors (Lipinski definition) is 1. The molecule has 1 aliphatic heterocycles. The number of likely N-dealkylation sites (tertiary alicyclic amines) is 1. The van der Waals surface area contributed by atoms with E-state index in [1.54, 1.807) is 0 Å². The summed E-state index contributed by atoms with van der Waals surface area (Å²) in [4.78, 5) is 2.41. The van der Waals surface area contributed by atoms with Gasteiger partial charge in [0.15, 0.2) is 9.84 Å². The molecule has 0 saturated carbocycles. The lowest BCUT2D eigenvalue weighted by molar-refractivity contribution is 0.190. The Balaban J connectivity index is 2.17. The monoisotopic (exact) mass is 300 g/mol. The smallest absolute Gasteiger partial charge is 0.175 e. The van der Waals surface area contributed by atoms with Crippen molar-refractivity contribution < 1.29 is 12.8 Å². The van der Waals surface area contributed by atoms with E-state index in [1.165, 1.54) is 18.2 Å². The molecule has 0 bridgehead atoms. The maximum Gasteiger partial charge on any atom is 0.175 e. The quantitative estimate of drug-likeness (QED) is 0.869. The Morgan fingerprint density at radius 2 is 2.10 bits per heavy atom. The first-order chi connectivity index (χ1) is 9.27. The van der Waals surface area contributed by atoms with Gasteiger partial charge in [-0.1, -0.05) is 0 Å². The van der Waals surface area contributed by atoms with Crippen molar-refractivity contribution in [3.05, 3.63) is 24.0 Å². The molecule has 0 radical (unpaired) electrons. The second-order valence-electron chi connectivity index (χ2n) is 5.61. The highest BCUT2D eigenvalue weighted by atomic mass is 32.2. The van der Waals surface area contributed by atoms with Crippen LogP contribution in [0.5, 0.6) is 0 Å². The van der Waals surface area contributed by atoms with Crippen molar-refractivity contribution in [3.8, 4) is 0 Å². The van der Waals surface area contributed by atoms with Gasteiger partial charge in [0.2, 0.25) is 0 Å². The normalized spacial score (nSPS) is 24.6. The number of halogens is 1. The van der Waals surface area contributed by atoms with Gasteiger partial charge in [0.25, 0.3) is 0 Å². The van der Waals surface area contributed by atoms with Gasteiger partial charge in [0.1, 0.15) is 5.82 Å². The lowest BCUT2D eigenvalue weighted by Crippen LogP contribution is -2.42. The van der Waals surface area contributed by atoms with Crippen LogP contribution in [0.3, 0.4) is 0 Å². The summed E-state index contributed by atoms with van der Waals surface area (Å²) in [7, 11) is -1.24. The molecule has 1 fully saturated rings. The first-order valence-electron chi connectivity index (χ1n) is 6.74. The first kappa shape index (κ1) is 15.3. The van der Waals surface area contributed by atoms with E-state index in [-0.39, 0.29) is 16.6 Å². The Bertz CT molecular complexity index is 589. The highest BCUT2D eigenvalue weighted by molar-refractivity contribution is 7.90. The molecule has 0 amide bonds. The molecule has 2 atom stereocenters. The van der Waals surface area contributed by atoms with E-state index in [1.807, 2.05) is 0 Å². The zero-order valence-electron chi connectivity index (χ0n) is 12.1. The molecule has 112 valence electrons. The van der Waals surface area contributed by atoms with Gasteiger partial charge < -0.3 is 10.2 Å². The molecule has 0 aliphatic carbocycles. The van der Waals surface area contributed by atoms with Crippen molar-refractivity contribution in [1.29, 1.82) is 0 Å². The molecular weight excluding hydrogens is 279 g/mol. The molecule has 6 heteroatoms. The van der Waals surface area contributed by atoms with Gasteiger partial charge in [0, 0.05) is 24.9 Å². The minimum Gasteiger partial charge on any atom is -0.380 e. The van der Waals surface area contributed by atoms with Crippen molar-refractivity contribution in [2.75, 3.05) is 25.2 Å².